The second kappa shape index (κ2) is 6.38. The van der Waals surface area contributed by atoms with Crippen LogP contribution in [0.25, 0.3) is 0 Å². The van der Waals surface area contributed by atoms with E-state index in [9.17, 15) is 14.7 Å². The molecule has 1 unspecified atom stereocenters. The van der Waals surface area contributed by atoms with Crippen molar-refractivity contribution in [1.29, 1.82) is 0 Å². The molecule has 0 aliphatic rings. The molecule has 20 heavy (non-hydrogen) atoms. The molecule has 0 radical (unpaired) electrons. The number of amides is 1. The predicted octanol–water partition coefficient (Wildman–Crippen LogP) is 2.58. The highest BCUT2D eigenvalue weighted by atomic mass is 16.7. The smallest absolute Gasteiger partial charge is 0.431 e. The Hall–Kier alpha value is -2.08. The van der Waals surface area contributed by atoms with E-state index in [1.807, 2.05) is 5.48 Å². The number of carboxylic acids is 1. The maximum Gasteiger partial charge on any atom is 0.431 e. The molecule has 6 nitrogen and oxygen atoms in total. The summed E-state index contributed by atoms with van der Waals surface area (Å²) >= 11 is 0. The zero-order valence-corrected chi connectivity index (χ0v) is 12.0. The Morgan fingerprint density at radius 3 is 2.35 bits per heavy atom. The van der Waals surface area contributed by atoms with E-state index in [1.165, 1.54) is 0 Å². The Labute approximate surface area is 117 Å². The summed E-state index contributed by atoms with van der Waals surface area (Å²) in [5, 5.41) is 9.18. The van der Waals surface area contributed by atoms with Crippen molar-refractivity contribution in [2.45, 2.75) is 39.4 Å². The van der Waals surface area contributed by atoms with Crippen molar-refractivity contribution in [2.75, 3.05) is 0 Å². The Balaban J connectivity index is 2.73. The molecule has 0 aromatic heterocycles. The topological polar surface area (TPSA) is 84.9 Å². The van der Waals surface area contributed by atoms with Crippen LogP contribution >= 0.6 is 0 Å². The van der Waals surface area contributed by atoms with Gasteiger partial charge in [0.1, 0.15) is 5.60 Å². The summed E-state index contributed by atoms with van der Waals surface area (Å²) in [7, 11) is 0. The molecule has 1 atom stereocenters. The summed E-state index contributed by atoms with van der Waals surface area (Å²) in [6.07, 6.45) is -2.12. The molecular formula is C14H19NO5. The minimum atomic E-state index is -1.29. The molecule has 2 N–H and O–H groups in total. The molecule has 0 aliphatic carbocycles. The van der Waals surface area contributed by atoms with Gasteiger partial charge < -0.3 is 9.84 Å². The molecule has 0 saturated heterocycles. The first kappa shape index (κ1) is 16.0. The summed E-state index contributed by atoms with van der Waals surface area (Å²) in [5.41, 5.74) is 2.54. The van der Waals surface area contributed by atoms with Crippen molar-refractivity contribution in [2.24, 2.45) is 0 Å². The summed E-state index contributed by atoms with van der Waals surface area (Å²) in [6, 6.07) is 6.89. The van der Waals surface area contributed by atoms with Crippen LogP contribution in [-0.4, -0.2) is 22.8 Å². The number of hydrogen-bond donors (Lipinski definition) is 2. The van der Waals surface area contributed by atoms with E-state index in [1.54, 1.807) is 52.0 Å². The van der Waals surface area contributed by atoms with E-state index in [0.717, 1.165) is 5.56 Å². The number of carbonyl (C=O) groups excluding carboxylic acids is 1. The number of aliphatic carboxylic acids is 1. The number of aryl methyl sites for hydroxylation is 1. The number of carboxylic acid groups (broad SMARTS) is 1. The third-order valence-corrected chi connectivity index (χ3v) is 2.35. The molecule has 110 valence electrons. The van der Waals surface area contributed by atoms with Gasteiger partial charge in [0.15, 0.2) is 0 Å². The Bertz CT molecular complexity index is 493. The van der Waals surface area contributed by atoms with Crippen molar-refractivity contribution >= 4 is 12.1 Å². The highest BCUT2D eigenvalue weighted by Gasteiger charge is 2.25. The molecule has 6 heteroatoms. The summed E-state index contributed by atoms with van der Waals surface area (Å²) in [4.78, 5) is 27.6. The lowest BCUT2D eigenvalue weighted by molar-refractivity contribution is -0.155. The van der Waals surface area contributed by atoms with E-state index >= 15 is 0 Å². The molecule has 0 fully saturated rings. The zero-order chi connectivity index (χ0) is 15.3. The van der Waals surface area contributed by atoms with Crippen molar-refractivity contribution in [3.05, 3.63) is 35.4 Å². The van der Waals surface area contributed by atoms with Crippen LogP contribution in [0, 0.1) is 6.92 Å². The Kier molecular flexibility index (Phi) is 5.10. The number of hydrogen-bond acceptors (Lipinski definition) is 4. The molecule has 1 rings (SSSR count). The number of benzene rings is 1. The zero-order valence-electron chi connectivity index (χ0n) is 12.0. The first-order chi connectivity index (χ1) is 9.20. The van der Waals surface area contributed by atoms with Crippen molar-refractivity contribution in [3.63, 3.8) is 0 Å². The van der Waals surface area contributed by atoms with E-state index in [-0.39, 0.29) is 0 Å². The van der Waals surface area contributed by atoms with Crippen LogP contribution in [0.5, 0.6) is 0 Å². The number of carbonyl (C=O) groups is 2. The van der Waals surface area contributed by atoms with Crippen molar-refractivity contribution in [3.8, 4) is 0 Å². The van der Waals surface area contributed by atoms with Crippen LogP contribution in [0.2, 0.25) is 0 Å². The van der Waals surface area contributed by atoms with Gasteiger partial charge in [-0.25, -0.2) is 9.59 Å². The SMILES string of the molecule is Cc1ccccc1C(ONC(=O)OC(C)(C)C)C(=O)O. The van der Waals surface area contributed by atoms with Crippen LogP contribution in [-0.2, 0) is 14.4 Å². The van der Waals surface area contributed by atoms with Crippen LogP contribution < -0.4 is 5.48 Å². The average Bonchev–Trinajstić information content (AvgIpc) is 2.28. The van der Waals surface area contributed by atoms with Gasteiger partial charge in [0.2, 0.25) is 6.10 Å². The first-order valence-electron chi connectivity index (χ1n) is 6.13. The minimum Gasteiger partial charge on any atom is -0.479 e. The molecule has 0 heterocycles. The van der Waals surface area contributed by atoms with Gasteiger partial charge in [-0.05, 0) is 38.8 Å². The van der Waals surface area contributed by atoms with E-state index < -0.39 is 23.8 Å². The molecule has 0 saturated carbocycles. The maximum absolute atomic E-state index is 11.5. The molecule has 0 bridgehead atoms. The quantitative estimate of drug-likeness (QED) is 0.828. The molecule has 1 amide bonds. The molecule has 0 aliphatic heterocycles. The van der Waals surface area contributed by atoms with E-state index in [2.05, 4.69) is 0 Å². The molecule has 1 aromatic rings. The lowest BCUT2D eigenvalue weighted by Gasteiger charge is -2.21. The fraction of sp³-hybridized carbons (Fsp3) is 0.429. The van der Waals surface area contributed by atoms with Crippen LogP contribution in [0.3, 0.4) is 0 Å². The highest BCUT2D eigenvalue weighted by molar-refractivity contribution is 5.75. The van der Waals surface area contributed by atoms with Gasteiger partial charge in [-0.2, -0.15) is 5.48 Å². The first-order valence-corrected chi connectivity index (χ1v) is 6.13. The van der Waals surface area contributed by atoms with Gasteiger partial charge in [-0.3, -0.25) is 4.84 Å². The standard InChI is InChI=1S/C14H19NO5/c1-9-7-5-6-8-10(9)11(12(16)17)20-15-13(18)19-14(2,3)4/h5-8,11H,1-4H3,(H,15,18)(H,16,17). The van der Waals surface area contributed by atoms with Gasteiger partial charge in [0, 0.05) is 0 Å². The monoisotopic (exact) mass is 281 g/mol. The predicted molar refractivity (Wildman–Crippen MR) is 72.0 cm³/mol. The molecule has 0 spiro atoms. The number of hydroxylamine groups is 1. The summed E-state index contributed by atoms with van der Waals surface area (Å²) in [5.74, 6) is -1.20. The van der Waals surface area contributed by atoms with Crippen molar-refractivity contribution in [1.82, 2.24) is 5.48 Å². The van der Waals surface area contributed by atoms with E-state index in [4.69, 9.17) is 9.57 Å². The molecular weight excluding hydrogens is 262 g/mol. The van der Waals surface area contributed by atoms with Crippen molar-refractivity contribution < 1.29 is 24.3 Å². The summed E-state index contributed by atoms with van der Waals surface area (Å²) in [6.45, 7) is 6.86. The largest absolute Gasteiger partial charge is 0.479 e. The maximum atomic E-state index is 11.5. The number of ether oxygens (including phenoxy) is 1. The van der Waals surface area contributed by atoms with Crippen LogP contribution in [0.15, 0.2) is 24.3 Å². The van der Waals surface area contributed by atoms with Gasteiger partial charge in [0.05, 0.1) is 0 Å². The third kappa shape index (κ3) is 4.89. The van der Waals surface area contributed by atoms with Crippen LogP contribution in [0.1, 0.15) is 38.0 Å². The van der Waals surface area contributed by atoms with E-state index in [0.29, 0.717) is 5.56 Å². The number of rotatable bonds is 4. The fourth-order valence-electron chi connectivity index (χ4n) is 1.53. The second-order valence-electron chi connectivity index (χ2n) is 5.30. The normalized spacial score (nSPS) is 12.6. The lowest BCUT2D eigenvalue weighted by atomic mass is 10.0. The fourth-order valence-corrected chi connectivity index (χ4v) is 1.53. The average molecular weight is 281 g/mol. The summed E-state index contributed by atoms with van der Waals surface area (Å²) < 4.78 is 4.97. The van der Waals surface area contributed by atoms with Crippen LogP contribution in [0.4, 0.5) is 4.79 Å². The van der Waals surface area contributed by atoms with Gasteiger partial charge in [-0.15, -0.1) is 0 Å². The van der Waals surface area contributed by atoms with Gasteiger partial charge in [0.25, 0.3) is 0 Å². The number of nitrogens with one attached hydrogen (secondary N) is 1. The van der Waals surface area contributed by atoms with Gasteiger partial charge >= 0.3 is 12.1 Å². The second-order valence-corrected chi connectivity index (χ2v) is 5.30. The Morgan fingerprint density at radius 1 is 1.25 bits per heavy atom. The lowest BCUT2D eigenvalue weighted by Crippen LogP contribution is -2.35. The minimum absolute atomic E-state index is 0.469. The van der Waals surface area contributed by atoms with Gasteiger partial charge in [-0.1, -0.05) is 24.3 Å². The Morgan fingerprint density at radius 2 is 1.85 bits per heavy atom. The third-order valence-electron chi connectivity index (χ3n) is 2.35. The molecule has 1 aromatic carbocycles. The highest BCUT2D eigenvalue weighted by Crippen LogP contribution is 2.20.